The average Bonchev–Trinajstić information content (AvgIpc) is 3.26. The van der Waals surface area contributed by atoms with Crippen molar-refractivity contribution >= 4 is 23.6 Å². The van der Waals surface area contributed by atoms with Gasteiger partial charge in [-0.2, -0.15) is 5.10 Å². The molecule has 0 unspecified atom stereocenters. The zero-order valence-electron chi connectivity index (χ0n) is 22.2. The van der Waals surface area contributed by atoms with Gasteiger partial charge in [0.25, 0.3) is 11.5 Å². The number of rotatable bonds is 11. The highest BCUT2D eigenvalue weighted by Gasteiger charge is 2.40. The van der Waals surface area contributed by atoms with Gasteiger partial charge < -0.3 is 20.7 Å². The molecule has 2 atom stereocenters. The van der Waals surface area contributed by atoms with E-state index >= 15 is 0 Å². The van der Waals surface area contributed by atoms with Crippen LogP contribution in [0.25, 0.3) is 11.3 Å². The first-order valence-electron chi connectivity index (χ1n) is 13.0. The van der Waals surface area contributed by atoms with E-state index in [9.17, 15) is 19.2 Å². The summed E-state index contributed by atoms with van der Waals surface area (Å²) in [5.41, 5.74) is 7.44. The molecule has 2 heterocycles. The minimum Gasteiger partial charge on any atom is -0.469 e. The molecule has 1 saturated heterocycles. The Balaban J connectivity index is 1.45. The van der Waals surface area contributed by atoms with Crippen molar-refractivity contribution in [3.63, 3.8) is 0 Å². The highest BCUT2D eigenvalue weighted by atomic mass is 16.5. The average molecular weight is 545 g/mol. The number of nitrogens with zero attached hydrogens (tertiary/aromatic N) is 2. The monoisotopic (exact) mass is 544 g/mol. The zero-order chi connectivity index (χ0) is 28.6. The molecule has 4 rings (SSSR count). The van der Waals surface area contributed by atoms with E-state index in [1.165, 1.54) is 13.2 Å². The number of aromatic nitrogens is 2. The number of amides is 2. The fourth-order valence-corrected chi connectivity index (χ4v) is 4.86. The molecule has 0 spiro atoms. The molecule has 2 amide bonds. The number of benzene rings is 2. The third kappa shape index (κ3) is 6.79. The number of H-pyrrole nitrogens is 1. The number of nitrogen functional groups attached to an aromatic ring is 1. The van der Waals surface area contributed by atoms with Crippen LogP contribution in [0.15, 0.2) is 65.5 Å². The smallest absolute Gasteiger partial charge is 0.306 e. The summed E-state index contributed by atoms with van der Waals surface area (Å²) in [5.74, 6) is -1.80. The van der Waals surface area contributed by atoms with Crippen LogP contribution in [0.2, 0.25) is 0 Å². The number of nitrogens with two attached hydrogens (primary N) is 1. The van der Waals surface area contributed by atoms with Gasteiger partial charge in [0.05, 0.1) is 25.1 Å². The van der Waals surface area contributed by atoms with Gasteiger partial charge in [-0.25, -0.2) is 5.10 Å². The summed E-state index contributed by atoms with van der Waals surface area (Å²) in [7, 11) is 1.29. The summed E-state index contributed by atoms with van der Waals surface area (Å²) < 4.78 is 4.76. The summed E-state index contributed by atoms with van der Waals surface area (Å²) >= 11 is 0. The first-order chi connectivity index (χ1) is 19.3. The minimum atomic E-state index is -0.646. The van der Waals surface area contributed by atoms with Crippen LogP contribution >= 0.6 is 0 Å². The molecule has 40 heavy (non-hydrogen) atoms. The largest absolute Gasteiger partial charge is 0.469 e. The molecule has 2 aromatic carbocycles. The predicted molar refractivity (Wildman–Crippen MR) is 149 cm³/mol. The second-order valence-electron chi connectivity index (χ2n) is 9.68. The lowest BCUT2D eigenvalue weighted by atomic mass is 10.0. The molecular formula is C29H32N6O5. The highest BCUT2D eigenvalue weighted by molar-refractivity contribution is 5.96. The first-order valence-corrected chi connectivity index (χ1v) is 13.0. The maximum absolute atomic E-state index is 13.2. The summed E-state index contributed by atoms with van der Waals surface area (Å²) in [6, 6.07) is 17.7. The third-order valence-corrected chi connectivity index (χ3v) is 7.02. The van der Waals surface area contributed by atoms with Crippen molar-refractivity contribution in [2.75, 3.05) is 20.2 Å². The third-order valence-electron chi connectivity index (χ3n) is 7.02. The van der Waals surface area contributed by atoms with Crippen molar-refractivity contribution in [1.82, 2.24) is 20.4 Å². The molecule has 11 nitrogen and oxygen atoms in total. The van der Waals surface area contributed by atoms with Gasteiger partial charge in [0.2, 0.25) is 5.91 Å². The minimum absolute atomic E-state index is 0.0230. The summed E-state index contributed by atoms with van der Waals surface area (Å²) in [5, 5.41) is 16.7. The molecule has 0 bridgehead atoms. The molecular weight excluding hydrogens is 512 g/mol. The normalized spacial score (nSPS) is 16.5. The van der Waals surface area contributed by atoms with Gasteiger partial charge in [0.15, 0.2) is 0 Å². The van der Waals surface area contributed by atoms with Gasteiger partial charge >= 0.3 is 5.97 Å². The number of aromatic amines is 1. The van der Waals surface area contributed by atoms with Crippen molar-refractivity contribution in [3.05, 3.63) is 87.7 Å². The number of ether oxygens (including phenoxy) is 1. The molecule has 0 radical (unpaired) electrons. The Kier molecular flexibility index (Phi) is 9.05. The van der Waals surface area contributed by atoms with E-state index in [0.29, 0.717) is 29.8 Å². The number of hydrogen-bond donors (Lipinski definition) is 4. The standard InChI is InChI=1S/C29H32N6O5/c1-40-25(36)15-21-14-22(35(29(21)39)13-5-8-18-6-3-2-4-7-18)17-32-27(37)23-16-24(33-34-28(23)38)19-9-11-20(12-10-19)26(30)31/h2-4,6-7,9-12,16,21-22H,5,8,13-15,17H2,1H3,(H3,30,31)(H,32,37)(H,34,38)/t21-,22-/m0/s1. The molecule has 1 aliphatic rings. The first kappa shape index (κ1) is 28.2. The van der Waals surface area contributed by atoms with Gasteiger partial charge in [0.1, 0.15) is 11.4 Å². The lowest BCUT2D eigenvalue weighted by Gasteiger charge is -2.25. The van der Waals surface area contributed by atoms with Crippen molar-refractivity contribution in [3.8, 4) is 11.3 Å². The van der Waals surface area contributed by atoms with Crippen LogP contribution in [0.1, 0.15) is 40.7 Å². The molecule has 1 fully saturated rings. The molecule has 208 valence electrons. The Morgan fingerprint density at radius 1 is 1.15 bits per heavy atom. The number of hydrogen-bond acceptors (Lipinski definition) is 7. The fraction of sp³-hybridized carbons (Fsp3) is 0.310. The van der Waals surface area contributed by atoms with Crippen molar-refractivity contribution in [2.45, 2.75) is 31.7 Å². The van der Waals surface area contributed by atoms with Crippen molar-refractivity contribution in [2.24, 2.45) is 11.7 Å². The Morgan fingerprint density at radius 2 is 1.88 bits per heavy atom. The second kappa shape index (κ2) is 12.8. The highest BCUT2D eigenvalue weighted by Crippen LogP contribution is 2.28. The fourth-order valence-electron chi connectivity index (χ4n) is 4.86. The van der Waals surface area contributed by atoms with Crippen LogP contribution in [0.3, 0.4) is 0 Å². The van der Waals surface area contributed by atoms with Gasteiger partial charge in [-0.05, 0) is 30.9 Å². The molecule has 1 aromatic heterocycles. The van der Waals surface area contributed by atoms with Crippen LogP contribution in [-0.2, 0) is 20.7 Å². The van der Waals surface area contributed by atoms with E-state index in [2.05, 4.69) is 15.5 Å². The number of aryl methyl sites for hydroxylation is 1. The van der Waals surface area contributed by atoms with E-state index in [1.54, 1.807) is 29.2 Å². The Bertz CT molecular complexity index is 1440. The number of carbonyl (C=O) groups is 3. The predicted octanol–water partition coefficient (Wildman–Crippen LogP) is 1.86. The van der Waals surface area contributed by atoms with Crippen LogP contribution < -0.4 is 16.6 Å². The topological polar surface area (TPSA) is 171 Å². The molecule has 11 heteroatoms. The molecule has 1 aliphatic heterocycles. The number of likely N-dealkylation sites (tertiary alicyclic amines) is 1. The van der Waals surface area contributed by atoms with Gasteiger partial charge in [-0.3, -0.25) is 24.6 Å². The summed E-state index contributed by atoms with van der Waals surface area (Å²) in [6.07, 6.45) is 1.87. The van der Waals surface area contributed by atoms with E-state index in [1.807, 2.05) is 30.3 Å². The number of carbonyl (C=O) groups excluding carboxylic acids is 3. The molecule has 0 saturated carbocycles. The van der Waals surface area contributed by atoms with Crippen LogP contribution in [0.5, 0.6) is 0 Å². The van der Waals surface area contributed by atoms with E-state index in [4.69, 9.17) is 15.9 Å². The van der Waals surface area contributed by atoms with Gasteiger partial charge in [-0.15, -0.1) is 0 Å². The number of esters is 1. The number of amidine groups is 1. The lowest BCUT2D eigenvalue weighted by Crippen LogP contribution is -2.43. The SMILES string of the molecule is COC(=O)C[C@@H]1C[C@@H](CNC(=O)c2cc(-c3ccc(C(=N)N)cc3)n[nH]c2=O)N(CCCc2ccccc2)C1=O. The van der Waals surface area contributed by atoms with Gasteiger partial charge in [-0.1, -0.05) is 54.6 Å². The van der Waals surface area contributed by atoms with Crippen molar-refractivity contribution in [1.29, 1.82) is 5.41 Å². The van der Waals surface area contributed by atoms with Crippen LogP contribution in [0.4, 0.5) is 0 Å². The van der Waals surface area contributed by atoms with E-state index < -0.39 is 23.4 Å². The van der Waals surface area contributed by atoms with Gasteiger partial charge in [0, 0.05) is 30.3 Å². The molecule has 5 N–H and O–H groups in total. The maximum Gasteiger partial charge on any atom is 0.306 e. The van der Waals surface area contributed by atoms with E-state index in [-0.39, 0.29) is 36.3 Å². The Labute approximate surface area is 231 Å². The quantitative estimate of drug-likeness (QED) is 0.162. The summed E-state index contributed by atoms with van der Waals surface area (Å²) in [4.78, 5) is 52.3. The summed E-state index contributed by atoms with van der Waals surface area (Å²) in [6.45, 7) is 0.597. The van der Waals surface area contributed by atoms with Crippen molar-refractivity contribution < 1.29 is 19.1 Å². The Hall–Kier alpha value is -4.80. The number of nitrogens with one attached hydrogen (secondary N) is 3. The zero-order valence-corrected chi connectivity index (χ0v) is 22.2. The lowest BCUT2D eigenvalue weighted by molar-refractivity contribution is -0.144. The maximum atomic E-state index is 13.2. The van der Waals surface area contributed by atoms with E-state index in [0.717, 1.165) is 18.4 Å². The number of methoxy groups -OCH3 is 1. The second-order valence-corrected chi connectivity index (χ2v) is 9.68. The van der Waals surface area contributed by atoms with Crippen LogP contribution in [0, 0.1) is 11.3 Å². The molecule has 0 aliphatic carbocycles. The van der Waals surface area contributed by atoms with Crippen LogP contribution in [-0.4, -0.2) is 65.0 Å². The molecule has 3 aromatic rings. The Morgan fingerprint density at radius 3 is 2.55 bits per heavy atom.